The van der Waals surface area contributed by atoms with Crippen LogP contribution in [0, 0.1) is 6.92 Å². The van der Waals surface area contributed by atoms with Crippen molar-refractivity contribution in [3.05, 3.63) is 59.9 Å². The average molecular weight is 380 g/mol. The molecular formula is C20H20N4O2S. The molecule has 0 saturated carbocycles. The summed E-state index contributed by atoms with van der Waals surface area (Å²) in [6.07, 6.45) is 0.910. The van der Waals surface area contributed by atoms with Crippen LogP contribution >= 0.6 is 11.8 Å². The van der Waals surface area contributed by atoms with Gasteiger partial charge in [-0.05, 0) is 49.2 Å². The van der Waals surface area contributed by atoms with E-state index < -0.39 is 0 Å². The van der Waals surface area contributed by atoms with Gasteiger partial charge >= 0.3 is 0 Å². The summed E-state index contributed by atoms with van der Waals surface area (Å²) in [7, 11) is 1.64. The van der Waals surface area contributed by atoms with Crippen LogP contribution in [0.2, 0.25) is 0 Å². The highest BCUT2D eigenvalue weighted by Gasteiger charge is 2.24. The van der Waals surface area contributed by atoms with Crippen LogP contribution in [0.4, 0.5) is 5.69 Å². The maximum Gasteiger partial charge on any atom is 0.237 e. The lowest BCUT2D eigenvalue weighted by atomic mass is 10.2. The molecule has 27 heavy (non-hydrogen) atoms. The van der Waals surface area contributed by atoms with Crippen molar-refractivity contribution >= 4 is 23.4 Å². The monoisotopic (exact) mass is 380 g/mol. The van der Waals surface area contributed by atoms with Crippen molar-refractivity contribution in [3.63, 3.8) is 0 Å². The normalized spacial score (nSPS) is 12.9. The molecular weight excluding hydrogens is 360 g/mol. The fourth-order valence-corrected chi connectivity index (χ4v) is 4.14. The number of benzene rings is 2. The lowest BCUT2D eigenvalue weighted by molar-refractivity contribution is -0.116. The van der Waals surface area contributed by atoms with E-state index in [1.807, 2.05) is 58.9 Å². The fourth-order valence-electron chi connectivity index (χ4n) is 3.27. The number of hydrogen-bond acceptors (Lipinski definition) is 5. The van der Waals surface area contributed by atoms with Gasteiger partial charge in [0.1, 0.15) is 11.6 Å². The van der Waals surface area contributed by atoms with Gasteiger partial charge in [-0.1, -0.05) is 30.0 Å². The van der Waals surface area contributed by atoms with E-state index in [1.165, 1.54) is 17.3 Å². The highest BCUT2D eigenvalue weighted by atomic mass is 32.2. The highest BCUT2D eigenvalue weighted by molar-refractivity contribution is 7.99. The summed E-state index contributed by atoms with van der Waals surface area (Å²) in [5.41, 5.74) is 3.20. The molecule has 0 radical (unpaired) electrons. The number of rotatable bonds is 5. The second-order valence-electron chi connectivity index (χ2n) is 6.28. The largest absolute Gasteiger partial charge is 0.497 e. The van der Waals surface area contributed by atoms with E-state index in [4.69, 9.17) is 4.74 Å². The molecule has 138 valence electrons. The molecule has 2 aromatic carbocycles. The summed E-state index contributed by atoms with van der Waals surface area (Å²) in [4.78, 5) is 14.6. The molecule has 7 heteroatoms. The summed E-state index contributed by atoms with van der Waals surface area (Å²) in [5, 5.41) is 9.14. The highest BCUT2D eigenvalue weighted by Crippen LogP contribution is 2.29. The minimum atomic E-state index is 0.0897. The lowest BCUT2D eigenvalue weighted by Crippen LogP contribution is -2.30. The molecule has 0 unspecified atom stereocenters. The number of carbonyl (C=O) groups excluding carboxylic acids is 1. The summed E-state index contributed by atoms with van der Waals surface area (Å²) in [6, 6.07) is 15.8. The number of nitrogens with zero attached hydrogens (tertiary/aromatic N) is 4. The Morgan fingerprint density at radius 3 is 2.70 bits per heavy atom. The zero-order valence-electron chi connectivity index (χ0n) is 15.3. The number of thioether (sulfide) groups is 1. The summed E-state index contributed by atoms with van der Waals surface area (Å²) < 4.78 is 7.17. The van der Waals surface area contributed by atoms with Gasteiger partial charge in [-0.2, -0.15) is 0 Å². The topological polar surface area (TPSA) is 60.2 Å². The van der Waals surface area contributed by atoms with Gasteiger partial charge in [-0.15, -0.1) is 10.2 Å². The maximum absolute atomic E-state index is 12.8. The molecule has 1 aromatic heterocycles. The third kappa shape index (κ3) is 3.42. The Labute approximate surface area is 162 Å². The van der Waals surface area contributed by atoms with Crippen LogP contribution in [0.1, 0.15) is 11.4 Å². The van der Waals surface area contributed by atoms with E-state index in [2.05, 4.69) is 16.3 Å². The zero-order chi connectivity index (χ0) is 18.8. The third-order valence-electron chi connectivity index (χ3n) is 4.64. The average Bonchev–Trinajstić information content (AvgIpc) is 3.30. The molecule has 0 saturated heterocycles. The fraction of sp³-hybridized carbons (Fsp3) is 0.250. The Bertz CT molecular complexity index is 968. The van der Waals surface area contributed by atoms with Gasteiger partial charge in [0, 0.05) is 17.9 Å². The van der Waals surface area contributed by atoms with E-state index >= 15 is 0 Å². The van der Waals surface area contributed by atoms with Gasteiger partial charge in [-0.25, -0.2) is 0 Å². The minimum Gasteiger partial charge on any atom is -0.497 e. The molecule has 2 heterocycles. The lowest BCUT2D eigenvalue weighted by Gasteiger charge is -2.17. The molecule has 0 fully saturated rings. The van der Waals surface area contributed by atoms with Gasteiger partial charge in [0.25, 0.3) is 0 Å². The van der Waals surface area contributed by atoms with Gasteiger partial charge in [0.05, 0.1) is 12.9 Å². The molecule has 1 aliphatic heterocycles. The molecule has 1 amide bonds. The molecule has 0 spiro atoms. The standard InChI is InChI=1S/C20H20N4O2S/c1-14-21-22-20(24(14)16-7-9-17(26-2)10-8-16)27-13-19(25)23-12-11-15-5-3-4-6-18(15)23/h3-10H,11-13H2,1-2H3. The van der Waals surface area contributed by atoms with E-state index in [0.717, 1.165) is 35.9 Å². The van der Waals surface area contributed by atoms with Crippen LogP contribution in [0.5, 0.6) is 5.75 Å². The number of amides is 1. The molecule has 6 nitrogen and oxygen atoms in total. The van der Waals surface area contributed by atoms with Crippen molar-refractivity contribution in [2.24, 2.45) is 0 Å². The van der Waals surface area contributed by atoms with Crippen molar-refractivity contribution in [2.75, 3.05) is 24.3 Å². The predicted molar refractivity (Wildman–Crippen MR) is 106 cm³/mol. The van der Waals surface area contributed by atoms with Crippen LogP contribution in [0.25, 0.3) is 5.69 Å². The first-order valence-electron chi connectivity index (χ1n) is 8.75. The van der Waals surface area contributed by atoms with Crippen LogP contribution in [-0.2, 0) is 11.2 Å². The van der Waals surface area contributed by atoms with E-state index in [9.17, 15) is 4.79 Å². The summed E-state index contributed by atoms with van der Waals surface area (Å²) in [6.45, 7) is 2.64. The van der Waals surface area contributed by atoms with Crippen LogP contribution in [0.3, 0.4) is 0 Å². The number of anilines is 1. The number of fused-ring (bicyclic) bond motifs is 1. The van der Waals surface area contributed by atoms with Crippen molar-refractivity contribution in [2.45, 2.75) is 18.5 Å². The van der Waals surface area contributed by atoms with E-state index in [0.29, 0.717) is 10.9 Å². The first kappa shape index (κ1) is 17.6. The minimum absolute atomic E-state index is 0.0897. The second kappa shape index (κ2) is 7.44. The Balaban J connectivity index is 1.50. The van der Waals surface area contributed by atoms with Crippen LogP contribution < -0.4 is 9.64 Å². The van der Waals surface area contributed by atoms with Gasteiger partial charge in [0.15, 0.2) is 5.16 Å². The van der Waals surface area contributed by atoms with Crippen molar-refractivity contribution < 1.29 is 9.53 Å². The van der Waals surface area contributed by atoms with Crippen LogP contribution in [-0.4, -0.2) is 40.1 Å². The predicted octanol–water partition coefficient (Wildman–Crippen LogP) is 3.27. The Morgan fingerprint density at radius 1 is 1.15 bits per heavy atom. The Kier molecular flexibility index (Phi) is 4.85. The van der Waals surface area contributed by atoms with Crippen molar-refractivity contribution in [1.29, 1.82) is 0 Å². The van der Waals surface area contributed by atoms with Crippen LogP contribution in [0.15, 0.2) is 53.7 Å². The molecule has 0 aliphatic carbocycles. The van der Waals surface area contributed by atoms with Gasteiger partial charge in [-0.3, -0.25) is 9.36 Å². The number of hydrogen-bond donors (Lipinski definition) is 0. The summed E-state index contributed by atoms with van der Waals surface area (Å²) >= 11 is 1.41. The number of methoxy groups -OCH3 is 1. The quantitative estimate of drug-likeness (QED) is 0.636. The number of aromatic nitrogens is 3. The third-order valence-corrected chi connectivity index (χ3v) is 5.55. The number of ether oxygens (including phenoxy) is 1. The Morgan fingerprint density at radius 2 is 1.93 bits per heavy atom. The Hall–Kier alpha value is -2.80. The first-order valence-corrected chi connectivity index (χ1v) is 9.73. The maximum atomic E-state index is 12.8. The van der Waals surface area contributed by atoms with Crippen molar-refractivity contribution in [3.8, 4) is 11.4 Å². The first-order chi connectivity index (χ1) is 13.2. The molecule has 0 bridgehead atoms. The molecule has 4 rings (SSSR count). The SMILES string of the molecule is COc1ccc(-n2c(C)nnc2SCC(=O)N2CCc3ccccc32)cc1. The summed E-state index contributed by atoms with van der Waals surface area (Å²) in [5.74, 6) is 1.98. The number of para-hydroxylation sites is 1. The number of aryl methyl sites for hydroxylation is 1. The smallest absolute Gasteiger partial charge is 0.237 e. The van der Waals surface area contributed by atoms with Gasteiger partial charge in [0.2, 0.25) is 5.91 Å². The van der Waals surface area contributed by atoms with Crippen molar-refractivity contribution in [1.82, 2.24) is 14.8 Å². The zero-order valence-corrected chi connectivity index (χ0v) is 16.1. The molecule has 0 N–H and O–H groups in total. The second-order valence-corrected chi connectivity index (χ2v) is 7.22. The molecule has 0 atom stereocenters. The molecule has 3 aromatic rings. The van der Waals surface area contributed by atoms with E-state index in [1.54, 1.807) is 7.11 Å². The van der Waals surface area contributed by atoms with Gasteiger partial charge < -0.3 is 9.64 Å². The van der Waals surface area contributed by atoms with E-state index in [-0.39, 0.29) is 5.91 Å². The number of carbonyl (C=O) groups is 1. The molecule has 1 aliphatic rings.